The lowest BCUT2D eigenvalue weighted by molar-refractivity contribution is -0.137. The van der Waals surface area contributed by atoms with Crippen LogP contribution < -0.4 is 5.32 Å². The van der Waals surface area contributed by atoms with Gasteiger partial charge in [-0.15, -0.1) is 0 Å². The molecule has 0 saturated carbocycles. The molecule has 0 saturated heterocycles. The minimum Gasteiger partial charge on any atom is -0.444 e. The second kappa shape index (κ2) is 9.74. The summed E-state index contributed by atoms with van der Waals surface area (Å²) in [6.45, 7) is 5.73. The fourth-order valence-electron chi connectivity index (χ4n) is 4.19. The number of hydrogen-bond donors (Lipinski definition) is 1. The Kier molecular flexibility index (Phi) is 6.90. The van der Waals surface area contributed by atoms with Crippen molar-refractivity contribution in [3.05, 3.63) is 95.1 Å². The third-order valence-corrected chi connectivity index (χ3v) is 5.80. The van der Waals surface area contributed by atoms with Crippen LogP contribution in [-0.2, 0) is 28.7 Å². The van der Waals surface area contributed by atoms with Gasteiger partial charge in [-0.25, -0.2) is 4.79 Å². The summed E-state index contributed by atoms with van der Waals surface area (Å²) in [5, 5.41) is 2.95. The molecule has 184 valence electrons. The van der Waals surface area contributed by atoms with Crippen molar-refractivity contribution in [3.8, 4) is 11.1 Å². The Morgan fingerprint density at radius 1 is 0.943 bits per heavy atom. The van der Waals surface area contributed by atoms with Crippen molar-refractivity contribution in [2.45, 2.75) is 57.7 Å². The SMILES string of the molecule is CC(C)(C)OC(=O)N[C@@H]1c2ccccc2C[C@@H]1OCc1ccc(-c2cccc(C(F)(F)F)c2)cc1. The molecule has 4 nitrogen and oxygen atoms in total. The first-order valence-electron chi connectivity index (χ1n) is 11.4. The Balaban J connectivity index is 1.44. The Hall–Kier alpha value is -3.32. The molecule has 3 aromatic rings. The summed E-state index contributed by atoms with van der Waals surface area (Å²) in [6, 6.07) is 20.1. The third-order valence-electron chi connectivity index (χ3n) is 5.80. The molecule has 1 aliphatic rings. The van der Waals surface area contributed by atoms with Crippen molar-refractivity contribution in [2.75, 3.05) is 0 Å². The zero-order valence-electron chi connectivity index (χ0n) is 19.9. The van der Waals surface area contributed by atoms with E-state index in [-0.39, 0.29) is 12.1 Å². The Labute approximate surface area is 203 Å². The summed E-state index contributed by atoms with van der Waals surface area (Å²) < 4.78 is 50.7. The number of alkyl halides is 3. The van der Waals surface area contributed by atoms with Crippen LogP contribution in [-0.4, -0.2) is 17.8 Å². The number of benzene rings is 3. The quantitative estimate of drug-likeness (QED) is 0.422. The maximum Gasteiger partial charge on any atom is 0.416 e. The van der Waals surface area contributed by atoms with Crippen molar-refractivity contribution in [1.82, 2.24) is 5.32 Å². The van der Waals surface area contributed by atoms with E-state index in [0.29, 0.717) is 24.2 Å². The van der Waals surface area contributed by atoms with E-state index in [9.17, 15) is 18.0 Å². The van der Waals surface area contributed by atoms with E-state index in [1.165, 1.54) is 6.07 Å². The summed E-state index contributed by atoms with van der Waals surface area (Å²) >= 11 is 0. The third kappa shape index (κ3) is 6.22. The lowest BCUT2D eigenvalue weighted by atomic mass is 10.0. The molecule has 0 heterocycles. The van der Waals surface area contributed by atoms with Crippen LogP contribution in [0.1, 0.15) is 49.1 Å². The van der Waals surface area contributed by atoms with Gasteiger partial charge >= 0.3 is 12.3 Å². The van der Waals surface area contributed by atoms with Gasteiger partial charge in [0.25, 0.3) is 0 Å². The van der Waals surface area contributed by atoms with Crippen LogP contribution in [0, 0.1) is 0 Å². The number of nitrogens with one attached hydrogen (secondary N) is 1. The molecule has 1 amide bonds. The Morgan fingerprint density at radius 2 is 1.66 bits per heavy atom. The summed E-state index contributed by atoms with van der Waals surface area (Å²) in [7, 11) is 0. The first-order valence-corrected chi connectivity index (χ1v) is 11.4. The van der Waals surface area contributed by atoms with E-state index >= 15 is 0 Å². The highest BCUT2D eigenvalue weighted by atomic mass is 19.4. The number of rotatable bonds is 5. The molecule has 1 N–H and O–H groups in total. The number of alkyl carbamates (subject to hydrolysis) is 1. The van der Waals surface area contributed by atoms with Crippen LogP contribution in [0.2, 0.25) is 0 Å². The molecule has 0 radical (unpaired) electrons. The van der Waals surface area contributed by atoms with Crippen LogP contribution in [0.5, 0.6) is 0 Å². The van der Waals surface area contributed by atoms with Gasteiger partial charge in [-0.3, -0.25) is 0 Å². The summed E-state index contributed by atoms with van der Waals surface area (Å²) in [4.78, 5) is 12.4. The van der Waals surface area contributed by atoms with Crippen LogP contribution >= 0.6 is 0 Å². The van der Waals surface area contributed by atoms with Gasteiger partial charge in [0.05, 0.1) is 24.3 Å². The zero-order valence-corrected chi connectivity index (χ0v) is 19.9. The van der Waals surface area contributed by atoms with Gasteiger partial charge in [-0.2, -0.15) is 13.2 Å². The van der Waals surface area contributed by atoms with Crippen LogP contribution in [0.3, 0.4) is 0 Å². The van der Waals surface area contributed by atoms with Crippen molar-refractivity contribution in [3.63, 3.8) is 0 Å². The smallest absolute Gasteiger partial charge is 0.416 e. The van der Waals surface area contributed by atoms with E-state index in [0.717, 1.165) is 28.8 Å². The van der Waals surface area contributed by atoms with Gasteiger partial charge < -0.3 is 14.8 Å². The molecule has 7 heteroatoms. The lowest BCUT2D eigenvalue weighted by Crippen LogP contribution is -2.39. The summed E-state index contributed by atoms with van der Waals surface area (Å²) in [6.07, 6.45) is -4.51. The monoisotopic (exact) mass is 483 g/mol. The standard InChI is InChI=1S/C28H28F3NO3/c1-27(2,3)35-26(33)32-25-23-10-5-4-7-21(23)16-24(25)34-17-18-11-13-19(14-12-18)20-8-6-9-22(15-20)28(29,30)31/h4-15,24-25H,16-17H2,1-3H3,(H,32,33)/t24-,25+/m0/s1. The number of hydrogen-bond acceptors (Lipinski definition) is 3. The maximum atomic E-state index is 13.0. The first kappa shape index (κ1) is 24.8. The van der Waals surface area contributed by atoms with Gasteiger partial charge in [0.15, 0.2) is 0 Å². The number of amides is 1. The molecule has 3 aromatic carbocycles. The fraction of sp³-hybridized carbons (Fsp3) is 0.321. The highest BCUT2D eigenvalue weighted by Crippen LogP contribution is 2.35. The number of halogens is 3. The second-order valence-corrected chi connectivity index (χ2v) is 9.65. The van der Waals surface area contributed by atoms with E-state index in [4.69, 9.17) is 9.47 Å². The van der Waals surface area contributed by atoms with Gasteiger partial charge in [0, 0.05) is 6.42 Å². The molecule has 0 aliphatic heterocycles. The highest BCUT2D eigenvalue weighted by molar-refractivity contribution is 5.69. The van der Waals surface area contributed by atoms with E-state index in [2.05, 4.69) is 5.32 Å². The second-order valence-electron chi connectivity index (χ2n) is 9.65. The molecule has 0 fully saturated rings. The molecule has 0 aromatic heterocycles. The van der Waals surface area contributed by atoms with Crippen molar-refractivity contribution >= 4 is 6.09 Å². The van der Waals surface area contributed by atoms with Gasteiger partial charge in [-0.1, -0.05) is 60.7 Å². The number of ether oxygens (including phenoxy) is 2. The van der Waals surface area contributed by atoms with Crippen molar-refractivity contribution in [2.24, 2.45) is 0 Å². The van der Waals surface area contributed by atoms with Crippen LogP contribution in [0.4, 0.5) is 18.0 Å². The molecule has 0 unspecified atom stereocenters. The van der Waals surface area contributed by atoms with Crippen molar-refractivity contribution < 1.29 is 27.4 Å². The molecule has 4 rings (SSSR count). The van der Waals surface area contributed by atoms with E-state index < -0.39 is 23.4 Å². The molecule has 35 heavy (non-hydrogen) atoms. The number of fused-ring (bicyclic) bond motifs is 1. The molecule has 2 atom stereocenters. The van der Waals surface area contributed by atoms with Gasteiger partial charge in [0.1, 0.15) is 5.60 Å². The Morgan fingerprint density at radius 3 is 2.34 bits per heavy atom. The van der Waals surface area contributed by atoms with Crippen LogP contribution in [0.15, 0.2) is 72.8 Å². The predicted molar refractivity (Wildman–Crippen MR) is 128 cm³/mol. The van der Waals surface area contributed by atoms with Gasteiger partial charge in [-0.05, 0) is 60.7 Å². The lowest BCUT2D eigenvalue weighted by Gasteiger charge is -2.25. The average Bonchev–Trinajstić information content (AvgIpc) is 3.13. The van der Waals surface area contributed by atoms with E-state index in [1.54, 1.807) is 18.2 Å². The van der Waals surface area contributed by atoms with E-state index in [1.807, 2.05) is 57.2 Å². The molecular weight excluding hydrogens is 455 g/mol. The van der Waals surface area contributed by atoms with Crippen LogP contribution in [0.25, 0.3) is 11.1 Å². The number of carbonyl (C=O) groups excluding carboxylic acids is 1. The molecular formula is C28H28F3NO3. The molecule has 0 bridgehead atoms. The minimum atomic E-state index is -4.38. The zero-order chi connectivity index (χ0) is 25.2. The summed E-state index contributed by atoms with van der Waals surface area (Å²) in [5.74, 6) is 0. The maximum absolute atomic E-state index is 13.0. The normalized spacial score (nSPS) is 17.7. The topological polar surface area (TPSA) is 47.6 Å². The largest absolute Gasteiger partial charge is 0.444 e. The average molecular weight is 484 g/mol. The Bertz CT molecular complexity index is 1180. The first-order chi connectivity index (χ1) is 16.5. The summed E-state index contributed by atoms with van der Waals surface area (Å²) in [5.41, 5.74) is 2.90. The molecule has 0 spiro atoms. The fourth-order valence-corrected chi connectivity index (χ4v) is 4.19. The number of carbonyl (C=O) groups is 1. The predicted octanol–water partition coefficient (Wildman–Crippen LogP) is 7.08. The minimum absolute atomic E-state index is 0.275. The molecule has 1 aliphatic carbocycles. The van der Waals surface area contributed by atoms with Gasteiger partial charge in [0.2, 0.25) is 0 Å². The highest BCUT2D eigenvalue weighted by Gasteiger charge is 2.35. The van der Waals surface area contributed by atoms with Crippen molar-refractivity contribution in [1.29, 1.82) is 0 Å².